The molecule has 5 nitrogen and oxygen atoms in total. The second-order valence-corrected chi connectivity index (χ2v) is 5.16. The van der Waals surface area contributed by atoms with Crippen LogP contribution >= 0.6 is 15.9 Å². The van der Waals surface area contributed by atoms with Crippen LogP contribution in [0.4, 0.5) is 5.69 Å². The monoisotopic (exact) mass is 342 g/mol. The Kier molecular flexibility index (Phi) is 3.79. The molecule has 0 saturated carbocycles. The summed E-state index contributed by atoms with van der Waals surface area (Å²) in [5, 5.41) is 2.85. The maximum Gasteiger partial charge on any atom is 0.257 e. The predicted octanol–water partition coefficient (Wildman–Crippen LogP) is 3.28. The topological polar surface area (TPSA) is 59.8 Å². The fourth-order valence-electron chi connectivity index (χ4n) is 1.87. The molecule has 3 rings (SSSR count). The van der Waals surface area contributed by atoms with Gasteiger partial charge in [-0.3, -0.25) is 4.79 Å². The van der Waals surface area contributed by atoms with Crippen molar-refractivity contribution < 1.29 is 4.79 Å². The third kappa shape index (κ3) is 3.17. The van der Waals surface area contributed by atoms with Crippen LogP contribution in [0.2, 0.25) is 0 Å². The van der Waals surface area contributed by atoms with Gasteiger partial charge in [0.15, 0.2) is 0 Å². The first-order valence-corrected chi connectivity index (χ1v) is 7.03. The number of hydrogen-bond acceptors (Lipinski definition) is 3. The van der Waals surface area contributed by atoms with Crippen molar-refractivity contribution in [3.8, 4) is 5.69 Å². The van der Waals surface area contributed by atoms with E-state index in [0.717, 1.165) is 5.69 Å². The van der Waals surface area contributed by atoms with Gasteiger partial charge in [-0.2, -0.15) is 0 Å². The lowest BCUT2D eigenvalue weighted by atomic mass is 10.2. The van der Waals surface area contributed by atoms with E-state index in [-0.39, 0.29) is 5.91 Å². The SMILES string of the molecule is O=C(Nc1cccc(-n2ccnc2)c1)c1ccc(Br)nc1. The van der Waals surface area contributed by atoms with Crippen LogP contribution in [0, 0.1) is 0 Å². The summed E-state index contributed by atoms with van der Waals surface area (Å²) in [5.41, 5.74) is 2.15. The summed E-state index contributed by atoms with van der Waals surface area (Å²) in [4.78, 5) is 20.2. The second-order valence-electron chi connectivity index (χ2n) is 4.34. The van der Waals surface area contributed by atoms with E-state index in [1.165, 1.54) is 6.20 Å². The van der Waals surface area contributed by atoms with Crippen molar-refractivity contribution in [3.63, 3.8) is 0 Å². The summed E-state index contributed by atoms with van der Waals surface area (Å²) >= 11 is 3.24. The molecule has 2 heterocycles. The Morgan fingerprint density at radius 2 is 2.14 bits per heavy atom. The number of rotatable bonds is 3. The molecule has 0 atom stereocenters. The number of pyridine rings is 1. The molecule has 1 N–H and O–H groups in total. The smallest absolute Gasteiger partial charge is 0.257 e. The number of benzene rings is 1. The average molecular weight is 343 g/mol. The van der Waals surface area contributed by atoms with E-state index in [2.05, 4.69) is 31.2 Å². The molecule has 0 aliphatic rings. The van der Waals surface area contributed by atoms with Crippen molar-refractivity contribution in [1.82, 2.24) is 14.5 Å². The molecule has 3 aromatic rings. The zero-order valence-electron chi connectivity index (χ0n) is 10.9. The summed E-state index contributed by atoms with van der Waals surface area (Å²) in [5.74, 6) is -0.196. The lowest BCUT2D eigenvalue weighted by Crippen LogP contribution is -2.12. The first kappa shape index (κ1) is 13.5. The number of aromatic nitrogens is 3. The number of hydrogen-bond donors (Lipinski definition) is 1. The van der Waals surface area contributed by atoms with Crippen molar-refractivity contribution in [2.75, 3.05) is 5.32 Å². The van der Waals surface area contributed by atoms with Crippen molar-refractivity contribution >= 4 is 27.5 Å². The molecule has 21 heavy (non-hydrogen) atoms. The minimum atomic E-state index is -0.196. The van der Waals surface area contributed by atoms with Gasteiger partial charge in [0.25, 0.3) is 5.91 Å². The highest BCUT2D eigenvalue weighted by Crippen LogP contribution is 2.15. The van der Waals surface area contributed by atoms with Crippen LogP contribution in [0.5, 0.6) is 0 Å². The third-order valence-electron chi connectivity index (χ3n) is 2.90. The summed E-state index contributed by atoms with van der Waals surface area (Å²) < 4.78 is 2.57. The van der Waals surface area contributed by atoms with E-state index in [4.69, 9.17) is 0 Å². The van der Waals surface area contributed by atoms with Gasteiger partial charge in [0, 0.05) is 30.0 Å². The zero-order chi connectivity index (χ0) is 14.7. The van der Waals surface area contributed by atoms with Crippen LogP contribution in [0.1, 0.15) is 10.4 Å². The molecule has 0 saturated heterocycles. The number of nitrogens with zero attached hydrogens (tertiary/aromatic N) is 3. The highest BCUT2D eigenvalue weighted by atomic mass is 79.9. The summed E-state index contributed by atoms with van der Waals surface area (Å²) in [6, 6.07) is 11.0. The average Bonchev–Trinajstić information content (AvgIpc) is 3.02. The first-order chi connectivity index (χ1) is 10.2. The number of imidazole rings is 1. The van der Waals surface area contributed by atoms with Crippen molar-refractivity contribution in [1.29, 1.82) is 0 Å². The molecule has 1 amide bonds. The van der Waals surface area contributed by atoms with Gasteiger partial charge in [0.2, 0.25) is 0 Å². The number of amides is 1. The Morgan fingerprint density at radius 1 is 1.24 bits per heavy atom. The lowest BCUT2D eigenvalue weighted by Gasteiger charge is -2.08. The Balaban J connectivity index is 1.80. The van der Waals surface area contributed by atoms with Gasteiger partial charge >= 0.3 is 0 Å². The lowest BCUT2D eigenvalue weighted by molar-refractivity contribution is 0.102. The highest BCUT2D eigenvalue weighted by molar-refractivity contribution is 9.10. The van der Waals surface area contributed by atoms with Gasteiger partial charge in [-0.1, -0.05) is 6.07 Å². The molecule has 1 aromatic carbocycles. The summed E-state index contributed by atoms with van der Waals surface area (Å²) in [6.45, 7) is 0. The highest BCUT2D eigenvalue weighted by Gasteiger charge is 2.07. The minimum absolute atomic E-state index is 0.196. The van der Waals surface area contributed by atoms with Gasteiger partial charge in [-0.05, 0) is 46.3 Å². The van der Waals surface area contributed by atoms with E-state index >= 15 is 0 Å². The molecular formula is C15H11BrN4O. The molecule has 0 radical (unpaired) electrons. The second kappa shape index (κ2) is 5.88. The molecule has 0 bridgehead atoms. The van der Waals surface area contributed by atoms with Crippen molar-refractivity contribution in [3.05, 3.63) is 71.5 Å². The first-order valence-electron chi connectivity index (χ1n) is 6.24. The maximum absolute atomic E-state index is 12.1. The molecule has 0 aliphatic carbocycles. The van der Waals surface area contributed by atoms with Gasteiger partial charge < -0.3 is 9.88 Å². The van der Waals surface area contributed by atoms with Crippen molar-refractivity contribution in [2.24, 2.45) is 0 Å². The molecule has 0 spiro atoms. The Labute approximate surface area is 129 Å². The van der Waals surface area contributed by atoms with Crippen LogP contribution in [0.15, 0.2) is 65.9 Å². The molecule has 6 heteroatoms. The molecule has 0 aliphatic heterocycles. The van der Waals surface area contributed by atoms with Crippen LogP contribution in [-0.4, -0.2) is 20.4 Å². The van der Waals surface area contributed by atoms with E-state index < -0.39 is 0 Å². The molecule has 2 aromatic heterocycles. The Hall–Kier alpha value is -2.47. The maximum atomic E-state index is 12.1. The van der Waals surface area contributed by atoms with Crippen LogP contribution in [0.3, 0.4) is 0 Å². The summed E-state index contributed by atoms with van der Waals surface area (Å²) in [6.07, 6.45) is 6.79. The number of nitrogens with one attached hydrogen (secondary N) is 1. The largest absolute Gasteiger partial charge is 0.322 e. The van der Waals surface area contributed by atoms with E-state index in [0.29, 0.717) is 15.9 Å². The Morgan fingerprint density at radius 3 is 2.86 bits per heavy atom. The van der Waals surface area contributed by atoms with Crippen LogP contribution in [0.25, 0.3) is 5.69 Å². The summed E-state index contributed by atoms with van der Waals surface area (Å²) in [7, 11) is 0. The molecule has 0 fully saturated rings. The van der Waals surface area contributed by atoms with Crippen molar-refractivity contribution in [2.45, 2.75) is 0 Å². The number of carbonyl (C=O) groups is 1. The molecule has 104 valence electrons. The minimum Gasteiger partial charge on any atom is -0.322 e. The number of carbonyl (C=O) groups excluding carboxylic acids is 1. The van der Waals surface area contributed by atoms with E-state index in [9.17, 15) is 4.79 Å². The Bertz CT molecular complexity index is 754. The van der Waals surface area contributed by atoms with Gasteiger partial charge in [-0.25, -0.2) is 9.97 Å². The molecular weight excluding hydrogens is 332 g/mol. The number of anilines is 1. The molecule has 0 unspecified atom stereocenters. The normalized spacial score (nSPS) is 10.3. The zero-order valence-corrected chi connectivity index (χ0v) is 12.5. The van der Waals surface area contributed by atoms with Crippen LogP contribution < -0.4 is 5.32 Å². The quantitative estimate of drug-likeness (QED) is 0.743. The fourth-order valence-corrected chi connectivity index (χ4v) is 2.10. The standard InChI is InChI=1S/C15H11BrN4O/c16-14-5-4-11(9-18-14)15(21)19-12-2-1-3-13(8-12)20-7-6-17-10-20/h1-10H,(H,19,21). The van der Waals surface area contributed by atoms with Gasteiger partial charge in [-0.15, -0.1) is 0 Å². The number of halogens is 1. The van der Waals surface area contributed by atoms with Crippen LogP contribution in [-0.2, 0) is 0 Å². The van der Waals surface area contributed by atoms with Gasteiger partial charge in [0.05, 0.1) is 11.9 Å². The predicted molar refractivity (Wildman–Crippen MR) is 83.5 cm³/mol. The van der Waals surface area contributed by atoms with E-state index in [1.807, 2.05) is 35.0 Å². The third-order valence-corrected chi connectivity index (χ3v) is 3.37. The van der Waals surface area contributed by atoms with E-state index in [1.54, 1.807) is 24.7 Å². The van der Waals surface area contributed by atoms with Gasteiger partial charge in [0.1, 0.15) is 4.60 Å². The fraction of sp³-hybridized carbons (Fsp3) is 0.